The zero-order valence-corrected chi connectivity index (χ0v) is 18.5. The summed E-state index contributed by atoms with van der Waals surface area (Å²) in [6.07, 6.45) is 1.79. The van der Waals surface area contributed by atoms with Crippen LogP contribution >= 0.6 is 0 Å². The number of nitrogens with two attached hydrogens (primary N) is 1. The summed E-state index contributed by atoms with van der Waals surface area (Å²) in [5, 5.41) is 22.7. The lowest BCUT2D eigenvalue weighted by molar-refractivity contribution is -0.181. The average molecular weight is 465 g/mol. The SMILES string of the molecule is CN(C)[C@@H]1C(=O)C(C(N)=O)C(=O)[C@@]2(O)C(=O)C3C(=O)c4c(cc5ncccc5c4O)C[C@H]3C[C@@H]12. The predicted octanol–water partition coefficient (Wildman–Crippen LogP) is -0.585. The van der Waals surface area contributed by atoms with Crippen LogP contribution in [0.5, 0.6) is 5.75 Å². The largest absolute Gasteiger partial charge is 0.506 e. The second kappa shape index (κ2) is 7.25. The fourth-order valence-corrected chi connectivity index (χ4v) is 6.20. The van der Waals surface area contributed by atoms with Gasteiger partial charge in [-0.2, -0.15) is 0 Å². The van der Waals surface area contributed by atoms with Gasteiger partial charge < -0.3 is 15.9 Å². The molecule has 6 atom stereocenters. The summed E-state index contributed by atoms with van der Waals surface area (Å²) < 4.78 is 0. The number of aliphatic hydroxyl groups is 1. The molecule has 2 saturated carbocycles. The lowest BCUT2D eigenvalue weighted by Gasteiger charge is -2.52. The molecule has 1 heterocycles. The highest BCUT2D eigenvalue weighted by atomic mass is 16.3. The maximum absolute atomic E-state index is 13.7. The third kappa shape index (κ3) is 2.69. The van der Waals surface area contributed by atoms with Crippen LogP contribution in [-0.4, -0.2) is 74.9 Å². The Morgan fingerprint density at radius 2 is 1.91 bits per heavy atom. The van der Waals surface area contributed by atoms with Crippen molar-refractivity contribution in [3.8, 4) is 5.75 Å². The highest BCUT2D eigenvalue weighted by Gasteiger charge is 2.69. The van der Waals surface area contributed by atoms with Crippen molar-refractivity contribution in [3.05, 3.63) is 35.5 Å². The van der Waals surface area contributed by atoms with Crippen LogP contribution in [0.2, 0.25) is 0 Å². The molecule has 2 unspecified atom stereocenters. The number of nitrogens with zero attached hydrogens (tertiary/aromatic N) is 2. The molecule has 3 aliphatic rings. The summed E-state index contributed by atoms with van der Waals surface area (Å²) in [7, 11) is 3.09. The number of hydrogen-bond acceptors (Lipinski definition) is 9. The minimum atomic E-state index is -2.72. The first-order valence-corrected chi connectivity index (χ1v) is 10.9. The highest BCUT2D eigenvalue weighted by Crippen LogP contribution is 2.51. The summed E-state index contributed by atoms with van der Waals surface area (Å²) >= 11 is 0. The second-order valence-corrected chi connectivity index (χ2v) is 9.62. The number of aromatic nitrogens is 1. The van der Waals surface area contributed by atoms with Crippen LogP contribution < -0.4 is 5.73 Å². The molecule has 0 radical (unpaired) electrons. The number of aromatic hydroxyl groups is 1. The van der Waals surface area contributed by atoms with Gasteiger partial charge in [0.25, 0.3) is 0 Å². The number of carbonyl (C=O) groups is 5. The zero-order chi connectivity index (χ0) is 24.7. The van der Waals surface area contributed by atoms with Crippen molar-refractivity contribution in [1.29, 1.82) is 0 Å². The molecule has 3 aliphatic carbocycles. The Labute approximate surface area is 193 Å². The van der Waals surface area contributed by atoms with Gasteiger partial charge in [0, 0.05) is 17.5 Å². The fourth-order valence-electron chi connectivity index (χ4n) is 6.20. The number of phenolic OH excluding ortho intramolecular Hbond substituents is 1. The monoisotopic (exact) mass is 465 g/mol. The molecule has 0 bridgehead atoms. The van der Waals surface area contributed by atoms with Crippen molar-refractivity contribution in [2.24, 2.45) is 29.4 Å². The quantitative estimate of drug-likeness (QED) is 0.491. The number of ketones is 4. The van der Waals surface area contributed by atoms with Crippen molar-refractivity contribution >= 4 is 39.9 Å². The molecule has 34 heavy (non-hydrogen) atoms. The van der Waals surface area contributed by atoms with Crippen LogP contribution in [-0.2, 0) is 25.6 Å². The van der Waals surface area contributed by atoms with E-state index in [-0.39, 0.29) is 24.2 Å². The van der Waals surface area contributed by atoms with Crippen LogP contribution in [0, 0.1) is 23.7 Å². The summed E-state index contributed by atoms with van der Waals surface area (Å²) in [4.78, 5) is 71.2. The minimum Gasteiger partial charge on any atom is -0.506 e. The first-order chi connectivity index (χ1) is 16.0. The van der Waals surface area contributed by atoms with Crippen molar-refractivity contribution in [2.75, 3.05) is 14.1 Å². The average Bonchev–Trinajstić information content (AvgIpc) is 2.76. The number of phenols is 1. The lowest BCUT2D eigenvalue weighted by Crippen LogP contribution is -2.74. The second-order valence-electron chi connectivity index (χ2n) is 9.62. The van der Waals surface area contributed by atoms with E-state index in [2.05, 4.69) is 4.98 Å². The topological polar surface area (TPSA) is 168 Å². The van der Waals surface area contributed by atoms with E-state index in [0.717, 1.165) is 0 Å². The molecule has 2 aromatic rings. The Morgan fingerprint density at radius 1 is 1.21 bits per heavy atom. The van der Waals surface area contributed by atoms with Crippen LogP contribution in [0.1, 0.15) is 22.3 Å². The van der Waals surface area contributed by atoms with E-state index in [1.807, 2.05) is 0 Å². The van der Waals surface area contributed by atoms with Crippen LogP contribution in [0.15, 0.2) is 24.4 Å². The van der Waals surface area contributed by atoms with Gasteiger partial charge in [-0.3, -0.25) is 33.9 Å². The smallest absolute Gasteiger partial charge is 0.235 e. The van der Waals surface area contributed by atoms with Crippen LogP contribution in [0.25, 0.3) is 10.9 Å². The third-order valence-corrected chi connectivity index (χ3v) is 7.63. The predicted molar refractivity (Wildman–Crippen MR) is 117 cm³/mol. The zero-order valence-electron chi connectivity index (χ0n) is 18.5. The number of pyridine rings is 1. The van der Waals surface area contributed by atoms with E-state index < -0.39 is 64.4 Å². The minimum absolute atomic E-state index is 0.0188. The van der Waals surface area contributed by atoms with E-state index in [4.69, 9.17) is 5.73 Å². The van der Waals surface area contributed by atoms with Gasteiger partial charge in [0.2, 0.25) is 5.91 Å². The van der Waals surface area contributed by atoms with Gasteiger partial charge in [-0.05, 0) is 56.6 Å². The molecular formula is C24H23N3O7. The molecule has 1 aromatic carbocycles. The molecule has 1 aromatic heterocycles. The molecule has 10 heteroatoms. The van der Waals surface area contributed by atoms with Crippen LogP contribution in [0.4, 0.5) is 0 Å². The summed E-state index contributed by atoms with van der Waals surface area (Å²) in [5.74, 6) is -10.5. The Bertz CT molecular complexity index is 1320. The van der Waals surface area contributed by atoms with Crippen molar-refractivity contribution in [1.82, 2.24) is 9.88 Å². The molecule has 1 amide bonds. The standard InChI is InChI=1S/C24H23N3O7/c1-27(2)17-12-7-9-6-10-8-13-11(4-3-5-26-13)18(28)14(10)19(29)15(9)21(31)24(12,34)22(32)16(20(17)30)23(25)33/h3-5,8-9,12,15-17,28,34H,6-7H2,1-2H3,(H2,25,33)/t9-,12-,15?,16?,17-,24-/m0/s1. The molecule has 0 saturated heterocycles. The molecule has 5 rings (SSSR count). The summed E-state index contributed by atoms with van der Waals surface area (Å²) in [5.41, 5.74) is 3.55. The maximum Gasteiger partial charge on any atom is 0.235 e. The number of Topliss-reactive ketones (excluding diaryl/α,β-unsaturated/α-hetero) is 4. The Morgan fingerprint density at radius 3 is 2.56 bits per heavy atom. The van der Waals surface area contributed by atoms with Gasteiger partial charge in [0.15, 0.2) is 34.7 Å². The number of benzene rings is 1. The third-order valence-electron chi connectivity index (χ3n) is 7.63. The number of likely N-dealkylation sites (N-methyl/N-ethyl adjacent to an activating group) is 1. The van der Waals surface area contributed by atoms with Crippen LogP contribution in [0.3, 0.4) is 0 Å². The number of amides is 1. The fraction of sp³-hybridized carbons (Fsp3) is 0.417. The molecule has 2 fully saturated rings. The number of carbonyl (C=O) groups excluding carboxylic acids is 5. The van der Waals surface area contributed by atoms with Gasteiger partial charge in [-0.15, -0.1) is 0 Å². The molecular weight excluding hydrogens is 442 g/mol. The number of fused-ring (bicyclic) bond motifs is 4. The summed E-state index contributed by atoms with van der Waals surface area (Å²) in [6.45, 7) is 0. The van der Waals surface area contributed by atoms with E-state index >= 15 is 0 Å². The molecule has 176 valence electrons. The molecule has 10 nitrogen and oxygen atoms in total. The van der Waals surface area contributed by atoms with E-state index in [1.165, 1.54) is 4.90 Å². The first-order valence-electron chi connectivity index (χ1n) is 10.9. The number of rotatable bonds is 2. The van der Waals surface area contributed by atoms with Crippen molar-refractivity contribution in [2.45, 2.75) is 24.5 Å². The van der Waals surface area contributed by atoms with Gasteiger partial charge in [0.05, 0.1) is 23.0 Å². The highest BCUT2D eigenvalue weighted by molar-refractivity contribution is 6.32. The van der Waals surface area contributed by atoms with E-state index in [9.17, 15) is 34.2 Å². The van der Waals surface area contributed by atoms with Gasteiger partial charge in [-0.25, -0.2) is 0 Å². The molecule has 0 aliphatic heterocycles. The lowest BCUT2D eigenvalue weighted by atomic mass is 9.52. The molecule has 4 N–H and O–H groups in total. The van der Waals surface area contributed by atoms with Gasteiger partial charge in [-0.1, -0.05) is 0 Å². The maximum atomic E-state index is 13.7. The Kier molecular flexibility index (Phi) is 4.75. The van der Waals surface area contributed by atoms with Crippen molar-refractivity contribution in [3.63, 3.8) is 0 Å². The van der Waals surface area contributed by atoms with E-state index in [0.29, 0.717) is 16.5 Å². The van der Waals surface area contributed by atoms with Gasteiger partial charge >= 0.3 is 0 Å². The van der Waals surface area contributed by atoms with E-state index in [1.54, 1.807) is 38.5 Å². The summed E-state index contributed by atoms with van der Waals surface area (Å²) in [6, 6.07) is 3.77. The number of hydrogen-bond donors (Lipinski definition) is 3. The van der Waals surface area contributed by atoms with Crippen molar-refractivity contribution < 1.29 is 34.2 Å². The first kappa shape index (κ1) is 22.3. The Hall–Kier alpha value is -3.50. The van der Waals surface area contributed by atoms with Gasteiger partial charge in [0.1, 0.15) is 5.75 Å². The number of primary amides is 1. The normalized spacial score (nSPS) is 33.0. The Balaban J connectivity index is 1.67. The molecule has 0 spiro atoms.